The molecule has 0 unspecified atom stereocenters. The number of morpholine rings is 1. The fraction of sp³-hybridized carbons (Fsp3) is 0.318. The minimum Gasteiger partial charge on any atom is -0.387 e. The van der Waals surface area contributed by atoms with Gasteiger partial charge < -0.3 is 20.1 Å². The van der Waals surface area contributed by atoms with Gasteiger partial charge in [0, 0.05) is 41.0 Å². The highest BCUT2D eigenvalue weighted by atomic mass is 32.1. The smallest absolute Gasteiger partial charge is 0.322 e. The van der Waals surface area contributed by atoms with Crippen LogP contribution in [0.4, 0.5) is 10.5 Å². The molecule has 2 aromatic heterocycles. The SMILES string of the molecule is Cc1ccnc(-c2ccc(NC(=O)N3CCOC[C@@H]3C[C@@H](O)c3cccs3)cc2)n1. The van der Waals surface area contributed by atoms with Crippen LogP contribution in [0.25, 0.3) is 11.4 Å². The number of aryl methyl sites for hydroxylation is 1. The number of carbonyl (C=O) groups excluding carboxylic acids is 1. The molecule has 3 heterocycles. The monoisotopic (exact) mass is 424 g/mol. The number of benzene rings is 1. The number of hydrogen-bond acceptors (Lipinski definition) is 6. The summed E-state index contributed by atoms with van der Waals surface area (Å²) >= 11 is 1.51. The number of amides is 2. The predicted octanol–water partition coefficient (Wildman–Crippen LogP) is 3.87. The number of urea groups is 1. The van der Waals surface area contributed by atoms with E-state index in [9.17, 15) is 9.90 Å². The van der Waals surface area contributed by atoms with Crippen molar-refractivity contribution in [3.8, 4) is 11.4 Å². The fourth-order valence-corrected chi connectivity index (χ4v) is 4.18. The zero-order valence-corrected chi connectivity index (χ0v) is 17.5. The van der Waals surface area contributed by atoms with E-state index < -0.39 is 6.10 Å². The van der Waals surface area contributed by atoms with Gasteiger partial charge in [0.05, 0.1) is 25.4 Å². The first-order chi connectivity index (χ1) is 14.6. The van der Waals surface area contributed by atoms with Crippen LogP contribution in [0.5, 0.6) is 0 Å². The lowest BCUT2D eigenvalue weighted by Gasteiger charge is -2.36. The maximum atomic E-state index is 12.9. The molecular formula is C22H24N4O3S. The van der Waals surface area contributed by atoms with Gasteiger partial charge in [-0.15, -0.1) is 11.3 Å². The molecule has 1 aliphatic heterocycles. The summed E-state index contributed by atoms with van der Waals surface area (Å²) < 4.78 is 5.56. The Labute approximate surface area is 179 Å². The van der Waals surface area contributed by atoms with E-state index in [1.54, 1.807) is 11.1 Å². The first kappa shape index (κ1) is 20.5. The lowest BCUT2D eigenvalue weighted by Crippen LogP contribution is -2.50. The molecule has 0 radical (unpaired) electrons. The summed E-state index contributed by atoms with van der Waals surface area (Å²) in [5.74, 6) is 0.656. The van der Waals surface area contributed by atoms with Gasteiger partial charge in [0.15, 0.2) is 5.82 Å². The maximum Gasteiger partial charge on any atom is 0.322 e. The third-order valence-corrected chi connectivity index (χ3v) is 6.02. The van der Waals surface area contributed by atoms with Crippen LogP contribution in [0, 0.1) is 6.92 Å². The molecule has 1 aliphatic rings. The first-order valence-electron chi connectivity index (χ1n) is 9.87. The second-order valence-electron chi connectivity index (χ2n) is 7.22. The zero-order chi connectivity index (χ0) is 20.9. The fourth-order valence-electron chi connectivity index (χ4n) is 3.46. The topological polar surface area (TPSA) is 87.6 Å². The van der Waals surface area contributed by atoms with E-state index in [4.69, 9.17) is 4.74 Å². The molecular weight excluding hydrogens is 400 g/mol. The van der Waals surface area contributed by atoms with Gasteiger partial charge in [0.25, 0.3) is 0 Å². The molecule has 3 aromatic rings. The Morgan fingerprint density at radius 1 is 1.33 bits per heavy atom. The predicted molar refractivity (Wildman–Crippen MR) is 116 cm³/mol. The highest BCUT2D eigenvalue weighted by Gasteiger charge is 2.30. The minimum absolute atomic E-state index is 0.184. The van der Waals surface area contributed by atoms with Crippen LogP contribution in [0.15, 0.2) is 54.0 Å². The van der Waals surface area contributed by atoms with E-state index in [0.29, 0.717) is 37.7 Å². The van der Waals surface area contributed by atoms with E-state index in [-0.39, 0.29) is 12.1 Å². The molecule has 1 fully saturated rings. The number of aliphatic hydroxyl groups excluding tert-OH is 1. The highest BCUT2D eigenvalue weighted by molar-refractivity contribution is 7.10. The molecule has 8 heteroatoms. The van der Waals surface area contributed by atoms with E-state index in [1.807, 2.05) is 54.8 Å². The number of aromatic nitrogens is 2. The Kier molecular flexibility index (Phi) is 6.37. The molecule has 0 bridgehead atoms. The van der Waals surface area contributed by atoms with Crippen LogP contribution in [-0.4, -0.2) is 51.8 Å². The van der Waals surface area contributed by atoms with Crippen molar-refractivity contribution < 1.29 is 14.6 Å². The molecule has 30 heavy (non-hydrogen) atoms. The van der Waals surface area contributed by atoms with Crippen molar-refractivity contribution in [2.75, 3.05) is 25.1 Å². The molecule has 2 atom stereocenters. The molecule has 1 aromatic carbocycles. The van der Waals surface area contributed by atoms with Crippen molar-refractivity contribution in [2.24, 2.45) is 0 Å². The number of thiophene rings is 1. The van der Waals surface area contributed by atoms with Gasteiger partial charge >= 0.3 is 6.03 Å². The summed E-state index contributed by atoms with van der Waals surface area (Å²) in [6.45, 7) is 3.32. The number of rotatable bonds is 5. The summed E-state index contributed by atoms with van der Waals surface area (Å²) in [7, 11) is 0. The molecule has 7 nitrogen and oxygen atoms in total. The van der Waals surface area contributed by atoms with Crippen molar-refractivity contribution in [1.29, 1.82) is 0 Å². The molecule has 0 aliphatic carbocycles. The Balaban J connectivity index is 1.41. The molecule has 0 saturated carbocycles. The Bertz CT molecular complexity index is 978. The Hall–Kier alpha value is -2.81. The Morgan fingerprint density at radius 3 is 2.90 bits per heavy atom. The van der Waals surface area contributed by atoms with Crippen molar-refractivity contribution in [1.82, 2.24) is 14.9 Å². The van der Waals surface area contributed by atoms with Crippen LogP contribution in [-0.2, 0) is 4.74 Å². The highest BCUT2D eigenvalue weighted by Crippen LogP contribution is 2.26. The van der Waals surface area contributed by atoms with Gasteiger partial charge in [-0.1, -0.05) is 6.07 Å². The average Bonchev–Trinajstić information content (AvgIpc) is 3.30. The van der Waals surface area contributed by atoms with Crippen molar-refractivity contribution in [2.45, 2.75) is 25.5 Å². The molecule has 2 amide bonds. The van der Waals surface area contributed by atoms with Gasteiger partial charge in [-0.05, 0) is 48.7 Å². The Morgan fingerprint density at radius 2 is 2.17 bits per heavy atom. The molecule has 156 valence electrons. The quantitative estimate of drug-likeness (QED) is 0.649. The van der Waals surface area contributed by atoms with E-state index in [1.165, 1.54) is 11.3 Å². The summed E-state index contributed by atoms with van der Waals surface area (Å²) in [6, 6.07) is 12.8. The van der Waals surface area contributed by atoms with E-state index in [2.05, 4.69) is 15.3 Å². The van der Waals surface area contributed by atoms with E-state index in [0.717, 1.165) is 16.1 Å². The summed E-state index contributed by atoms with van der Waals surface area (Å²) in [5, 5.41) is 15.4. The van der Waals surface area contributed by atoms with Crippen molar-refractivity contribution >= 4 is 23.1 Å². The lowest BCUT2D eigenvalue weighted by molar-refractivity contribution is -0.00382. The number of nitrogens with zero attached hydrogens (tertiary/aromatic N) is 3. The standard InChI is InChI=1S/C22H24N4O3S/c1-15-8-9-23-21(24-15)16-4-6-17(7-5-16)25-22(28)26-10-11-29-14-18(26)13-19(27)20-3-2-12-30-20/h2-9,12,18-19,27H,10-11,13-14H2,1H3,(H,25,28)/t18-,19+/m0/s1. The van der Waals surface area contributed by atoms with Crippen LogP contribution < -0.4 is 5.32 Å². The third-order valence-electron chi connectivity index (χ3n) is 5.04. The number of aliphatic hydroxyl groups is 1. The molecule has 1 saturated heterocycles. The van der Waals surface area contributed by atoms with Crippen molar-refractivity contribution in [3.63, 3.8) is 0 Å². The normalized spacial score (nSPS) is 17.5. The average molecular weight is 425 g/mol. The van der Waals surface area contributed by atoms with Crippen LogP contribution in [0.1, 0.15) is 23.1 Å². The van der Waals surface area contributed by atoms with Gasteiger partial charge in [-0.2, -0.15) is 0 Å². The second-order valence-corrected chi connectivity index (χ2v) is 8.20. The van der Waals surface area contributed by atoms with Crippen LogP contribution in [0.2, 0.25) is 0 Å². The minimum atomic E-state index is -0.611. The second kappa shape index (κ2) is 9.34. The zero-order valence-electron chi connectivity index (χ0n) is 16.7. The van der Waals surface area contributed by atoms with Crippen molar-refractivity contribution in [3.05, 3.63) is 64.6 Å². The third kappa shape index (κ3) is 4.84. The number of nitrogens with one attached hydrogen (secondary N) is 1. The lowest BCUT2D eigenvalue weighted by atomic mass is 10.1. The molecule has 2 N–H and O–H groups in total. The summed E-state index contributed by atoms with van der Waals surface area (Å²) in [6.07, 6.45) is 1.56. The van der Waals surface area contributed by atoms with Gasteiger partial charge in [0.1, 0.15) is 0 Å². The van der Waals surface area contributed by atoms with Gasteiger partial charge in [0.2, 0.25) is 0 Å². The van der Waals surface area contributed by atoms with Gasteiger partial charge in [-0.25, -0.2) is 14.8 Å². The summed E-state index contributed by atoms with van der Waals surface area (Å²) in [4.78, 5) is 24.3. The van der Waals surface area contributed by atoms with Crippen LogP contribution in [0.3, 0.4) is 0 Å². The maximum absolute atomic E-state index is 12.9. The summed E-state index contributed by atoms with van der Waals surface area (Å²) in [5.41, 5.74) is 2.49. The van der Waals surface area contributed by atoms with E-state index >= 15 is 0 Å². The van der Waals surface area contributed by atoms with Crippen LogP contribution >= 0.6 is 11.3 Å². The number of ether oxygens (including phenoxy) is 1. The molecule has 4 rings (SSSR count). The number of anilines is 1. The number of carbonyl (C=O) groups is 1. The number of hydrogen-bond donors (Lipinski definition) is 2. The largest absolute Gasteiger partial charge is 0.387 e. The molecule has 0 spiro atoms. The first-order valence-corrected chi connectivity index (χ1v) is 10.7. The van der Waals surface area contributed by atoms with Gasteiger partial charge in [-0.3, -0.25) is 0 Å².